The number of carbonyl (C=O) groups excluding carboxylic acids is 1. The highest BCUT2D eigenvalue weighted by atomic mass is 19.1. The molecule has 1 unspecified atom stereocenters. The molecule has 4 heterocycles. The third kappa shape index (κ3) is 4.15. The molecule has 1 aromatic carbocycles. The minimum Gasteiger partial charge on any atom is -0.366 e. The summed E-state index contributed by atoms with van der Waals surface area (Å²) < 4.78 is 15.8. The molecule has 166 valence electrons. The lowest BCUT2D eigenvalue weighted by atomic mass is 9.96. The van der Waals surface area contributed by atoms with Gasteiger partial charge < -0.3 is 14.7 Å². The number of benzene rings is 1. The molecule has 1 atom stereocenters. The highest BCUT2D eigenvalue weighted by molar-refractivity contribution is 5.80. The Hall–Kier alpha value is -3.49. The number of nitrogens with zero attached hydrogens (tertiary/aromatic N) is 7. The van der Waals surface area contributed by atoms with E-state index in [1.807, 2.05) is 40.3 Å². The normalized spacial score (nSPS) is 19.3. The van der Waals surface area contributed by atoms with E-state index in [1.54, 1.807) is 23.0 Å². The van der Waals surface area contributed by atoms with Gasteiger partial charge in [-0.3, -0.25) is 4.79 Å². The molecule has 0 radical (unpaired) electrons. The fourth-order valence-electron chi connectivity index (χ4n) is 4.53. The number of hydrogen-bond acceptors (Lipinski definition) is 6. The third-order valence-electron chi connectivity index (χ3n) is 6.25. The van der Waals surface area contributed by atoms with Gasteiger partial charge in [0.25, 0.3) is 0 Å². The number of piperazine rings is 1. The van der Waals surface area contributed by atoms with Crippen LogP contribution in [0.15, 0.2) is 54.9 Å². The zero-order valence-electron chi connectivity index (χ0n) is 17.8. The van der Waals surface area contributed by atoms with Crippen molar-refractivity contribution < 1.29 is 9.18 Å². The van der Waals surface area contributed by atoms with Crippen molar-refractivity contribution >= 4 is 17.4 Å². The number of hydrogen-bond donors (Lipinski definition) is 0. The number of carbonyl (C=O) groups is 1. The van der Waals surface area contributed by atoms with Gasteiger partial charge >= 0.3 is 0 Å². The molecule has 32 heavy (non-hydrogen) atoms. The predicted octanol–water partition coefficient (Wildman–Crippen LogP) is 2.37. The van der Waals surface area contributed by atoms with E-state index in [4.69, 9.17) is 0 Å². The lowest BCUT2D eigenvalue weighted by Gasteiger charge is -2.40. The van der Waals surface area contributed by atoms with Crippen LogP contribution in [0.3, 0.4) is 0 Å². The SMILES string of the molecule is O=C(C1CCCN(c2ccc(-n3cccn3)nn2)C1)N1CCN(c2ccccc2F)CC1. The van der Waals surface area contributed by atoms with Crippen molar-refractivity contribution in [2.24, 2.45) is 5.92 Å². The lowest BCUT2D eigenvalue weighted by molar-refractivity contribution is -0.136. The molecule has 2 aliphatic rings. The molecular weight excluding hydrogens is 409 g/mol. The number of amides is 1. The molecule has 0 N–H and O–H groups in total. The second-order valence-electron chi connectivity index (χ2n) is 8.25. The molecule has 2 aromatic heterocycles. The molecule has 0 aliphatic carbocycles. The summed E-state index contributed by atoms with van der Waals surface area (Å²) in [5.41, 5.74) is 0.612. The summed E-state index contributed by atoms with van der Waals surface area (Å²) in [5, 5.41) is 12.8. The van der Waals surface area contributed by atoms with Crippen molar-refractivity contribution in [3.63, 3.8) is 0 Å². The smallest absolute Gasteiger partial charge is 0.227 e. The van der Waals surface area contributed by atoms with Crippen molar-refractivity contribution in [1.82, 2.24) is 24.9 Å². The predicted molar refractivity (Wildman–Crippen MR) is 119 cm³/mol. The zero-order chi connectivity index (χ0) is 21.9. The molecule has 0 bridgehead atoms. The Morgan fingerprint density at radius 3 is 2.41 bits per heavy atom. The van der Waals surface area contributed by atoms with Crippen LogP contribution in [-0.2, 0) is 4.79 Å². The van der Waals surface area contributed by atoms with E-state index in [-0.39, 0.29) is 17.6 Å². The Bertz CT molecular complexity index is 1050. The summed E-state index contributed by atoms with van der Waals surface area (Å²) >= 11 is 0. The van der Waals surface area contributed by atoms with Crippen molar-refractivity contribution in [2.45, 2.75) is 12.8 Å². The van der Waals surface area contributed by atoms with Gasteiger partial charge in [0.05, 0.1) is 11.6 Å². The molecule has 0 saturated carbocycles. The highest BCUT2D eigenvalue weighted by Crippen LogP contribution is 2.25. The highest BCUT2D eigenvalue weighted by Gasteiger charge is 2.32. The third-order valence-corrected chi connectivity index (χ3v) is 6.25. The van der Waals surface area contributed by atoms with Crippen molar-refractivity contribution in [2.75, 3.05) is 49.1 Å². The Labute approximate surface area is 186 Å². The number of rotatable bonds is 4. The van der Waals surface area contributed by atoms with E-state index >= 15 is 0 Å². The first kappa shape index (κ1) is 20.4. The fourth-order valence-corrected chi connectivity index (χ4v) is 4.53. The number of aromatic nitrogens is 4. The van der Waals surface area contributed by atoms with Gasteiger partial charge in [-0.25, -0.2) is 9.07 Å². The van der Waals surface area contributed by atoms with Crippen molar-refractivity contribution in [3.05, 3.63) is 60.7 Å². The van der Waals surface area contributed by atoms with Crippen LogP contribution >= 0.6 is 0 Å². The van der Waals surface area contributed by atoms with Gasteiger partial charge in [0.1, 0.15) is 5.82 Å². The van der Waals surface area contributed by atoms with E-state index < -0.39 is 0 Å². The summed E-state index contributed by atoms with van der Waals surface area (Å²) in [7, 11) is 0. The first-order valence-corrected chi connectivity index (χ1v) is 11.1. The minimum atomic E-state index is -0.213. The lowest BCUT2D eigenvalue weighted by Crippen LogP contribution is -2.52. The van der Waals surface area contributed by atoms with Crippen LogP contribution in [0, 0.1) is 11.7 Å². The van der Waals surface area contributed by atoms with E-state index in [0.717, 1.165) is 25.2 Å². The Kier molecular flexibility index (Phi) is 5.70. The molecule has 2 fully saturated rings. The second kappa shape index (κ2) is 8.94. The van der Waals surface area contributed by atoms with Gasteiger partial charge in [-0.1, -0.05) is 12.1 Å². The Morgan fingerprint density at radius 2 is 1.69 bits per heavy atom. The van der Waals surface area contributed by atoms with Gasteiger partial charge in [-0.15, -0.1) is 10.2 Å². The summed E-state index contributed by atoms with van der Waals surface area (Å²) in [6, 6.07) is 12.5. The van der Waals surface area contributed by atoms with Crippen LogP contribution in [0.5, 0.6) is 0 Å². The average molecular weight is 436 g/mol. The molecular formula is C23H26FN7O. The van der Waals surface area contributed by atoms with Crippen LogP contribution < -0.4 is 9.80 Å². The molecule has 0 spiro atoms. The standard InChI is InChI=1S/C23H26FN7O/c24-19-6-1-2-7-20(19)28-13-15-29(16-14-28)23(32)18-5-3-11-30(17-18)21-8-9-22(27-26-21)31-12-4-10-25-31/h1-2,4,6-10,12,18H,3,5,11,13-17H2. The fraction of sp³-hybridized carbons (Fsp3) is 0.391. The Morgan fingerprint density at radius 1 is 0.906 bits per heavy atom. The molecule has 8 nitrogen and oxygen atoms in total. The number of para-hydroxylation sites is 1. The van der Waals surface area contributed by atoms with Gasteiger partial charge in [-0.05, 0) is 43.2 Å². The maximum Gasteiger partial charge on any atom is 0.227 e. The maximum atomic E-state index is 14.1. The zero-order valence-corrected chi connectivity index (χ0v) is 17.8. The van der Waals surface area contributed by atoms with Crippen LogP contribution in [0.4, 0.5) is 15.9 Å². The summed E-state index contributed by atoms with van der Waals surface area (Å²) in [5.74, 6) is 1.36. The molecule has 2 aliphatic heterocycles. The second-order valence-corrected chi connectivity index (χ2v) is 8.25. The summed E-state index contributed by atoms with van der Waals surface area (Å²) in [6.07, 6.45) is 5.34. The molecule has 1 amide bonds. The van der Waals surface area contributed by atoms with Crippen molar-refractivity contribution in [3.8, 4) is 5.82 Å². The first-order chi connectivity index (χ1) is 15.7. The molecule has 3 aromatic rings. The van der Waals surface area contributed by atoms with Gasteiger partial charge in [0.2, 0.25) is 5.91 Å². The first-order valence-electron chi connectivity index (χ1n) is 11.1. The van der Waals surface area contributed by atoms with Crippen LogP contribution in [-0.4, -0.2) is 70.1 Å². The van der Waals surface area contributed by atoms with E-state index in [9.17, 15) is 9.18 Å². The van der Waals surface area contributed by atoms with Crippen LogP contribution in [0.2, 0.25) is 0 Å². The topological polar surface area (TPSA) is 70.4 Å². The average Bonchev–Trinajstić information content (AvgIpc) is 3.39. The maximum absolute atomic E-state index is 14.1. The molecule has 9 heteroatoms. The van der Waals surface area contributed by atoms with Gasteiger partial charge in [0, 0.05) is 51.7 Å². The monoisotopic (exact) mass is 435 g/mol. The van der Waals surface area contributed by atoms with Crippen LogP contribution in [0.25, 0.3) is 5.82 Å². The Balaban J connectivity index is 1.19. The van der Waals surface area contributed by atoms with E-state index in [0.29, 0.717) is 44.2 Å². The van der Waals surface area contributed by atoms with Gasteiger partial charge in [0.15, 0.2) is 11.6 Å². The van der Waals surface area contributed by atoms with E-state index in [1.165, 1.54) is 6.07 Å². The number of anilines is 2. The van der Waals surface area contributed by atoms with Crippen LogP contribution in [0.1, 0.15) is 12.8 Å². The van der Waals surface area contributed by atoms with Crippen molar-refractivity contribution in [1.29, 1.82) is 0 Å². The summed E-state index contributed by atoms with van der Waals surface area (Å²) in [6.45, 7) is 4.01. The van der Waals surface area contributed by atoms with E-state index in [2.05, 4.69) is 20.2 Å². The minimum absolute atomic E-state index is 0.0589. The quantitative estimate of drug-likeness (QED) is 0.627. The largest absolute Gasteiger partial charge is 0.366 e. The van der Waals surface area contributed by atoms with Gasteiger partial charge in [-0.2, -0.15) is 5.10 Å². The molecule has 5 rings (SSSR count). The number of piperidine rings is 1. The molecule has 2 saturated heterocycles. The summed E-state index contributed by atoms with van der Waals surface area (Å²) in [4.78, 5) is 19.3. The number of halogens is 1.